The number of nitro groups is 1. The van der Waals surface area contributed by atoms with Gasteiger partial charge in [-0.25, -0.2) is 0 Å². The number of carbonyl (C=O) groups excluding carboxylic acids is 1. The van der Waals surface area contributed by atoms with Gasteiger partial charge in [0.25, 0.3) is 11.6 Å². The fraction of sp³-hybridized carbons (Fsp3) is 0.588. The van der Waals surface area contributed by atoms with E-state index < -0.39 is 4.92 Å². The number of nitrogen functional groups attached to an aromatic ring is 1. The van der Waals surface area contributed by atoms with E-state index in [1.54, 1.807) is 6.07 Å². The number of hydrogen-bond acceptors (Lipinski definition) is 4. The number of nitro benzene ring substituents is 1. The summed E-state index contributed by atoms with van der Waals surface area (Å²) in [6.07, 6.45) is 8.60. The molecule has 0 unspecified atom stereocenters. The molecule has 1 spiro atoms. The van der Waals surface area contributed by atoms with Crippen LogP contribution in [0.4, 0.5) is 11.4 Å². The summed E-state index contributed by atoms with van der Waals surface area (Å²) in [5.41, 5.74) is 6.27. The normalized spacial score (nSPS) is 20.4. The Bertz CT molecular complexity index is 614. The van der Waals surface area contributed by atoms with Crippen LogP contribution in [0, 0.1) is 15.5 Å². The molecule has 0 aromatic heterocycles. The first kappa shape index (κ1) is 15.8. The zero-order valence-corrected chi connectivity index (χ0v) is 13.3. The highest BCUT2D eigenvalue weighted by Crippen LogP contribution is 2.44. The van der Waals surface area contributed by atoms with Crippen LogP contribution in [0.5, 0.6) is 0 Å². The molecule has 2 fully saturated rings. The van der Waals surface area contributed by atoms with Crippen LogP contribution in [-0.4, -0.2) is 28.8 Å². The summed E-state index contributed by atoms with van der Waals surface area (Å²) in [7, 11) is 0. The number of piperidine rings is 1. The van der Waals surface area contributed by atoms with E-state index in [1.165, 1.54) is 44.2 Å². The number of likely N-dealkylation sites (tertiary alicyclic amines) is 1. The lowest BCUT2D eigenvalue weighted by molar-refractivity contribution is -0.383. The van der Waals surface area contributed by atoms with Gasteiger partial charge in [-0.1, -0.05) is 19.3 Å². The largest absolute Gasteiger partial charge is 0.393 e. The minimum atomic E-state index is -0.542. The van der Waals surface area contributed by atoms with Gasteiger partial charge in [0, 0.05) is 24.7 Å². The Hall–Kier alpha value is -2.11. The third-order valence-electron chi connectivity index (χ3n) is 5.50. The van der Waals surface area contributed by atoms with E-state index in [2.05, 4.69) is 0 Å². The Morgan fingerprint density at radius 3 is 2.39 bits per heavy atom. The van der Waals surface area contributed by atoms with E-state index >= 15 is 0 Å². The number of rotatable bonds is 2. The Morgan fingerprint density at radius 1 is 1.13 bits per heavy atom. The smallest absolute Gasteiger partial charge is 0.292 e. The molecule has 124 valence electrons. The van der Waals surface area contributed by atoms with Crippen molar-refractivity contribution >= 4 is 17.3 Å². The van der Waals surface area contributed by atoms with E-state index in [4.69, 9.17) is 5.73 Å². The molecule has 1 saturated heterocycles. The van der Waals surface area contributed by atoms with Crippen molar-refractivity contribution in [2.45, 2.75) is 44.9 Å². The van der Waals surface area contributed by atoms with Crippen molar-refractivity contribution in [3.8, 4) is 0 Å². The number of hydrogen-bond donors (Lipinski definition) is 1. The monoisotopic (exact) mass is 317 g/mol. The van der Waals surface area contributed by atoms with Crippen LogP contribution in [0.15, 0.2) is 18.2 Å². The van der Waals surface area contributed by atoms with E-state index in [9.17, 15) is 14.9 Å². The maximum absolute atomic E-state index is 12.6. The van der Waals surface area contributed by atoms with Gasteiger partial charge in [0.2, 0.25) is 0 Å². The maximum atomic E-state index is 12.6. The summed E-state index contributed by atoms with van der Waals surface area (Å²) in [4.78, 5) is 24.9. The summed E-state index contributed by atoms with van der Waals surface area (Å²) in [5.74, 6) is -0.126. The second kappa shape index (κ2) is 6.18. The van der Waals surface area contributed by atoms with Crippen molar-refractivity contribution < 1.29 is 9.72 Å². The topological polar surface area (TPSA) is 89.5 Å². The SMILES string of the molecule is Nc1ccc(C(=O)N2CCC3(CCCCC3)CC2)cc1[N+](=O)[O-]. The third kappa shape index (κ3) is 3.16. The lowest BCUT2D eigenvalue weighted by Crippen LogP contribution is -2.43. The van der Waals surface area contributed by atoms with Crippen molar-refractivity contribution in [3.63, 3.8) is 0 Å². The Labute approximate surface area is 135 Å². The number of benzene rings is 1. The van der Waals surface area contributed by atoms with E-state index in [-0.39, 0.29) is 17.3 Å². The standard InChI is InChI=1S/C17H23N3O3/c18-14-5-4-13(12-15(14)20(22)23)16(21)19-10-8-17(9-11-19)6-2-1-3-7-17/h4-5,12H,1-3,6-11,18H2. The highest BCUT2D eigenvalue weighted by atomic mass is 16.6. The summed E-state index contributed by atoms with van der Waals surface area (Å²) >= 11 is 0. The molecule has 6 heteroatoms. The minimum absolute atomic E-state index is 0.0892. The number of anilines is 1. The Morgan fingerprint density at radius 2 is 1.78 bits per heavy atom. The quantitative estimate of drug-likeness (QED) is 0.514. The number of nitrogens with two attached hydrogens (primary N) is 1. The van der Waals surface area contributed by atoms with Gasteiger partial charge < -0.3 is 10.6 Å². The van der Waals surface area contributed by atoms with Crippen LogP contribution in [0.3, 0.4) is 0 Å². The molecule has 0 bridgehead atoms. The highest BCUT2D eigenvalue weighted by molar-refractivity contribution is 5.95. The molecule has 1 aromatic rings. The van der Waals surface area contributed by atoms with Crippen molar-refractivity contribution in [1.29, 1.82) is 0 Å². The second-order valence-electron chi connectivity index (χ2n) is 6.88. The highest BCUT2D eigenvalue weighted by Gasteiger charge is 2.36. The van der Waals surface area contributed by atoms with Crippen molar-refractivity contribution in [2.75, 3.05) is 18.8 Å². The second-order valence-corrected chi connectivity index (χ2v) is 6.88. The number of nitrogens with zero attached hydrogens (tertiary/aromatic N) is 2. The molecule has 1 aromatic carbocycles. The molecule has 1 aliphatic carbocycles. The molecule has 0 radical (unpaired) electrons. The summed E-state index contributed by atoms with van der Waals surface area (Å²) in [6, 6.07) is 4.32. The third-order valence-corrected chi connectivity index (χ3v) is 5.50. The first-order valence-corrected chi connectivity index (χ1v) is 8.34. The van der Waals surface area contributed by atoms with Gasteiger partial charge in [-0.15, -0.1) is 0 Å². The average Bonchev–Trinajstić information content (AvgIpc) is 2.56. The molecule has 3 rings (SSSR count). The van der Waals surface area contributed by atoms with E-state index in [1.807, 2.05) is 4.90 Å². The predicted molar refractivity (Wildman–Crippen MR) is 88.2 cm³/mol. The molecule has 0 atom stereocenters. The first-order valence-electron chi connectivity index (χ1n) is 8.34. The minimum Gasteiger partial charge on any atom is -0.393 e. The zero-order chi connectivity index (χ0) is 16.4. The summed E-state index contributed by atoms with van der Waals surface area (Å²) in [5, 5.41) is 11.0. The molecular formula is C17H23N3O3. The van der Waals surface area contributed by atoms with Gasteiger partial charge in [0.1, 0.15) is 5.69 Å². The number of amides is 1. The predicted octanol–water partition coefficient (Wildman–Crippen LogP) is 3.36. The van der Waals surface area contributed by atoms with Crippen LogP contribution in [0.25, 0.3) is 0 Å². The van der Waals surface area contributed by atoms with Gasteiger partial charge in [0.05, 0.1) is 4.92 Å². The van der Waals surface area contributed by atoms with E-state index in [0.29, 0.717) is 11.0 Å². The van der Waals surface area contributed by atoms with Crippen LogP contribution < -0.4 is 5.73 Å². The maximum Gasteiger partial charge on any atom is 0.292 e. The van der Waals surface area contributed by atoms with Crippen LogP contribution in [-0.2, 0) is 0 Å². The molecule has 1 aliphatic heterocycles. The molecule has 1 amide bonds. The summed E-state index contributed by atoms with van der Waals surface area (Å²) < 4.78 is 0. The molecule has 1 saturated carbocycles. The molecule has 2 aliphatic rings. The first-order chi connectivity index (χ1) is 11.0. The van der Waals surface area contributed by atoms with Crippen LogP contribution in [0.2, 0.25) is 0 Å². The van der Waals surface area contributed by atoms with Gasteiger partial charge in [-0.2, -0.15) is 0 Å². The fourth-order valence-electron chi connectivity index (χ4n) is 4.00. The molecular weight excluding hydrogens is 294 g/mol. The van der Waals surface area contributed by atoms with E-state index in [0.717, 1.165) is 25.9 Å². The van der Waals surface area contributed by atoms with Gasteiger partial charge in [-0.3, -0.25) is 14.9 Å². The van der Waals surface area contributed by atoms with Gasteiger partial charge >= 0.3 is 0 Å². The molecule has 23 heavy (non-hydrogen) atoms. The lowest BCUT2D eigenvalue weighted by atomic mass is 9.68. The average molecular weight is 317 g/mol. The molecule has 1 heterocycles. The molecule has 2 N–H and O–H groups in total. The van der Waals surface area contributed by atoms with Gasteiger partial charge in [-0.05, 0) is 43.2 Å². The summed E-state index contributed by atoms with van der Waals surface area (Å²) in [6.45, 7) is 1.49. The lowest BCUT2D eigenvalue weighted by Gasteiger charge is -2.44. The molecule has 6 nitrogen and oxygen atoms in total. The van der Waals surface area contributed by atoms with Crippen molar-refractivity contribution in [3.05, 3.63) is 33.9 Å². The fourth-order valence-corrected chi connectivity index (χ4v) is 4.00. The zero-order valence-electron chi connectivity index (χ0n) is 13.3. The van der Waals surface area contributed by atoms with Crippen LogP contribution in [0.1, 0.15) is 55.3 Å². The van der Waals surface area contributed by atoms with Crippen LogP contribution >= 0.6 is 0 Å². The van der Waals surface area contributed by atoms with Crippen molar-refractivity contribution in [2.24, 2.45) is 5.41 Å². The Balaban J connectivity index is 1.70. The van der Waals surface area contributed by atoms with Gasteiger partial charge in [0.15, 0.2) is 0 Å². The number of carbonyl (C=O) groups is 1. The Kier molecular flexibility index (Phi) is 4.24. The van der Waals surface area contributed by atoms with Crippen molar-refractivity contribution in [1.82, 2.24) is 4.90 Å².